The van der Waals surface area contributed by atoms with E-state index in [1.54, 1.807) is 29.2 Å². The van der Waals surface area contributed by atoms with Crippen molar-refractivity contribution in [3.05, 3.63) is 29.8 Å². The van der Waals surface area contributed by atoms with Crippen LogP contribution >= 0.6 is 0 Å². The summed E-state index contributed by atoms with van der Waals surface area (Å²) in [4.78, 5) is 36.2. The molecule has 0 bridgehead atoms. The summed E-state index contributed by atoms with van der Waals surface area (Å²) in [6, 6.07) is 6.80. The third-order valence-corrected chi connectivity index (χ3v) is 3.04. The van der Waals surface area contributed by atoms with Gasteiger partial charge in [-0.3, -0.25) is 19.3 Å². The monoisotopic (exact) mass is 275 g/mol. The van der Waals surface area contributed by atoms with Gasteiger partial charge in [0.2, 0.25) is 11.8 Å². The lowest BCUT2D eigenvalue weighted by Gasteiger charge is -2.25. The van der Waals surface area contributed by atoms with Gasteiger partial charge in [-0.1, -0.05) is 12.1 Å². The zero-order chi connectivity index (χ0) is 14.5. The van der Waals surface area contributed by atoms with E-state index in [0.717, 1.165) is 0 Å². The van der Waals surface area contributed by atoms with Gasteiger partial charge in [-0.2, -0.15) is 0 Å². The van der Waals surface area contributed by atoms with Gasteiger partial charge in [-0.15, -0.1) is 0 Å². The highest BCUT2D eigenvalue weighted by Gasteiger charge is 2.18. The summed E-state index contributed by atoms with van der Waals surface area (Å²) in [6.07, 6.45) is 0. The molecule has 106 valence electrons. The molecule has 6 heteroatoms. The Morgan fingerprint density at radius 2 is 2.20 bits per heavy atom. The van der Waals surface area contributed by atoms with E-state index in [0.29, 0.717) is 24.3 Å². The Morgan fingerprint density at radius 1 is 1.40 bits per heavy atom. The van der Waals surface area contributed by atoms with Crippen LogP contribution in [0.5, 0.6) is 0 Å². The molecule has 1 aliphatic heterocycles. The van der Waals surface area contributed by atoms with Crippen LogP contribution in [-0.4, -0.2) is 48.7 Å². The topological polar surface area (TPSA) is 78.5 Å². The van der Waals surface area contributed by atoms with Gasteiger partial charge < -0.3 is 10.6 Å². The largest absolute Gasteiger partial charge is 0.354 e. The van der Waals surface area contributed by atoms with E-state index in [-0.39, 0.29) is 30.7 Å². The van der Waals surface area contributed by atoms with E-state index in [1.165, 1.54) is 6.92 Å². The number of Topliss-reactive ketones (excluding diaryl/α,β-unsaturated/α-hetero) is 1. The van der Waals surface area contributed by atoms with Gasteiger partial charge in [0.1, 0.15) is 0 Å². The number of hydrogen-bond acceptors (Lipinski definition) is 4. The van der Waals surface area contributed by atoms with Crippen molar-refractivity contribution >= 4 is 23.3 Å². The molecule has 0 unspecified atom stereocenters. The fourth-order valence-corrected chi connectivity index (χ4v) is 2.05. The average molecular weight is 275 g/mol. The second-order valence-electron chi connectivity index (χ2n) is 4.75. The first kappa shape index (κ1) is 14.2. The van der Waals surface area contributed by atoms with E-state index in [4.69, 9.17) is 0 Å². The van der Waals surface area contributed by atoms with Crippen molar-refractivity contribution in [1.29, 1.82) is 0 Å². The molecule has 1 heterocycles. The summed E-state index contributed by atoms with van der Waals surface area (Å²) in [6.45, 7) is 3.10. The minimum absolute atomic E-state index is 0.0474. The summed E-state index contributed by atoms with van der Waals surface area (Å²) in [7, 11) is 0. The Labute approximate surface area is 117 Å². The number of nitrogens with one attached hydrogen (secondary N) is 2. The minimum Gasteiger partial charge on any atom is -0.354 e. The molecule has 20 heavy (non-hydrogen) atoms. The molecule has 1 saturated heterocycles. The van der Waals surface area contributed by atoms with E-state index in [2.05, 4.69) is 10.6 Å². The molecule has 2 amide bonds. The van der Waals surface area contributed by atoms with Crippen molar-refractivity contribution in [1.82, 2.24) is 10.2 Å². The number of piperazine rings is 1. The third kappa shape index (κ3) is 3.89. The van der Waals surface area contributed by atoms with Crippen LogP contribution in [0.25, 0.3) is 0 Å². The summed E-state index contributed by atoms with van der Waals surface area (Å²) in [5.74, 6) is -0.308. The molecule has 1 fully saturated rings. The Balaban J connectivity index is 1.92. The summed E-state index contributed by atoms with van der Waals surface area (Å²) >= 11 is 0. The Bertz CT molecular complexity index is 542. The number of amides is 2. The first-order chi connectivity index (χ1) is 9.54. The highest BCUT2D eigenvalue weighted by Crippen LogP contribution is 2.11. The number of ketones is 1. The van der Waals surface area contributed by atoms with Crippen molar-refractivity contribution in [3.8, 4) is 0 Å². The average Bonchev–Trinajstić information content (AvgIpc) is 2.38. The van der Waals surface area contributed by atoms with Crippen molar-refractivity contribution in [3.63, 3.8) is 0 Å². The first-order valence-electron chi connectivity index (χ1n) is 6.44. The molecule has 6 nitrogen and oxygen atoms in total. The normalized spacial score (nSPS) is 15.6. The fraction of sp³-hybridized carbons (Fsp3) is 0.357. The SMILES string of the molecule is CC(=O)c1cccc(NC(=O)CN2CCNC(=O)C2)c1. The zero-order valence-corrected chi connectivity index (χ0v) is 11.3. The zero-order valence-electron chi connectivity index (χ0n) is 11.3. The summed E-state index contributed by atoms with van der Waals surface area (Å²) < 4.78 is 0. The number of benzene rings is 1. The molecule has 0 spiro atoms. The molecule has 2 rings (SSSR count). The lowest BCUT2D eigenvalue weighted by Crippen LogP contribution is -2.49. The second kappa shape index (κ2) is 6.29. The van der Waals surface area contributed by atoms with Gasteiger partial charge in [-0.25, -0.2) is 0 Å². The van der Waals surface area contributed by atoms with Crippen LogP contribution < -0.4 is 10.6 Å². The molecule has 0 radical (unpaired) electrons. The van der Waals surface area contributed by atoms with Crippen LogP contribution in [0.1, 0.15) is 17.3 Å². The van der Waals surface area contributed by atoms with Gasteiger partial charge in [0.25, 0.3) is 0 Å². The maximum absolute atomic E-state index is 11.9. The van der Waals surface area contributed by atoms with Crippen LogP contribution in [0.2, 0.25) is 0 Å². The van der Waals surface area contributed by atoms with Crippen LogP contribution in [0.3, 0.4) is 0 Å². The van der Waals surface area contributed by atoms with Gasteiger partial charge in [0.15, 0.2) is 5.78 Å². The summed E-state index contributed by atoms with van der Waals surface area (Å²) in [5.41, 5.74) is 1.14. The standard InChI is InChI=1S/C14H17N3O3/c1-10(18)11-3-2-4-12(7-11)16-14(20)9-17-6-5-15-13(19)8-17/h2-4,7H,5-6,8-9H2,1H3,(H,15,19)(H,16,20). The summed E-state index contributed by atoms with van der Waals surface area (Å²) in [5, 5.41) is 5.44. The highest BCUT2D eigenvalue weighted by atomic mass is 16.2. The molecular weight excluding hydrogens is 258 g/mol. The number of carbonyl (C=O) groups excluding carboxylic acids is 3. The second-order valence-corrected chi connectivity index (χ2v) is 4.75. The van der Waals surface area contributed by atoms with Crippen molar-refractivity contribution < 1.29 is 14.4 Å². The van der Waals surface area contributed by atoms with Crippen molar-refractivity contribution in [2.24, 2.45) is 0 Å². The van der Waals surface area contributed by atoms with Gasteiger partial charge >= 0.3 is 0 Å². The quantitative estimate of drug-likeness (QED) is 0.773. The maximum Gasteiger partial charge on any atom is 0.238 e. The van der Waals surface area contributed by atoms with E-state index >= 15 is 0 Å². The number of hydrogen-bond donors (Lipinski definition) is 2. The van der Waals surface area contributed by atoms with E-state index < -0.39 is 0 Å². The van der Waals surface area contributed by atoms with Crippen LogP contribution in [0, 0.1) is 0 Å². The Morgan fingerprint density at radius 3 is 2.90 bits per heavy atom. The molecule has 1 aromatic carbocycles. The number of anilines is 1. The number of rotatable bonds is 4. The van der Waals surface area contributed by atoms with Crippen LogP contribution in [-0.2, 0) is 9.59 Å². The molecule has 0 aromatic heterocycles. The fourth-order valence-electron chi connectivity index (χ4n) is 2.05. The number of carbonyl (C=O) groups is 3. The van der Waals surface area contributed by atoms with Gasteiger partial charge in [0.05, 0.1) is 13.1 Å². The van der Waals surface area contributed by atoms with Crippen molar-refractivity contribution in [2.75, 3.05) is 31.5 Å². The maximum atomic E-state index is 11.9. The lowest BCUT2D eigenvalue weighted by molar-refractivity contribution is -0.125. The highest BCUT2D eigenvalue weighted by molar-refractivity contribution is 5.97. The molecule has 0 saturated carbocycles. The van der Waals surface area contributed by atoms with E-state index in [1.807, 2.05) is 0 Å². The molecular formula is C14H17N3O3. The predicted molar refractivity (Wildman–Crippen MR) is 74.5 cm³/mol. The van der Waals surface area contributed by atoms with Crippen LogP contribution in [0.4, 0.5) is 5.69 Å². The third-order valence-electron chi connectivity index (χ3n) is 3.04. The predicted octanol–water partition coefficient (Wildman–Crippen LogP) is 0.259. The van der Waals surface area contributed by atoms with E-state index in [9.17, 15) is 14.4 Å². The minimum atomic E-state index is -0.194. The molecule has 1 aromatic rings. The molecule has 0 aliphatic carbocycles. The van der Waals surface area contributed by atoms with Gasteiger partial charge in [-0.05, 0) is 19.1 Å². The number of nitrogens with zero attached hydrogens (tertiary/aromatic N) is 1. The Hall–Kier alpha value is -2.21. The smallest absolute Gasteiger partial charge is 0.238 e. The Kier molecular flexibility index (Phi) is 4.47. The molecule has 2 N–H and O–H groups in total. The van der Waals surface area contributed by atoms with Gasteiger partial charge in [0, 0.05) is 24.3 Å². The lowest BCUT2D eigenvalue weighted by atomic mass is 10.1. The van der Waals surface area contributed by atoms with Crippen LogP contribution in [0.15, 0.2) is 24.3 Å². The molecule has 0 atom stereocenters. The first-order valence-corrected chi connectivity index (χ1v) is 6.44. The van der Waals surface area contributed by atoms with Crippen molar-refractivity contribution in [2.45, 2.75) is 6.92 Å². The molecule has 1 aliphatic rings.